The summed E-state index contributed by atoms with van der Waals surface area (Å²) in [4.78, 5) is 28.8. The van der Waals surface area contributed by atoms with E-state index in [-0.39, 0.29) is 24.7 Å². The summed E-state index contributed by atoms with van der Waals surface area (Å²) >= 11 is 0. The lowest BCUT2D eigenvalue weighted by Crippen LogP contribution is -2.44. The average molecular weight is 441 g/mol. The Morgan fingerprint density at radius 3 is 2.41 bits per heavy atom. The number of rotatable bonds is 9. The zero-order chi connectivity index (χ0) is 22.9. The maximum atomic E-state index is 13.9. The fourth-order valence-corrected chi connectivity index (χ4v) is 3.20. The predicted octanol–water partition coefficient (Wildman–Crippen LogP) is 5.03. The summed E-state index contributed by atoms with van der Waals surface area (Å²) in [6.07, 6.45) is 2.14. The molecular formula is C24H25F2N3O3. The summed E-state index contributed by atoms with van der Waals surface area (Å²) in [6.45, 7) is 2.55. The molecular weight excluding hydrogens is 416 g/mol. The highest BCUT2D eigenvalue weighted by Crippen LogP contribution is 2.16. The van der Waals surface area contributed by atoms with Crippen molar-refractivity contribution in [3.63, 3.8) is 0 Å². The van der Waals surface area contributed by atoms with E-state index in [1.165, 1.54) is 11.2 Å². The summed E-state index contributed by atoms with van der Waals surface area (Å²) in [5, 5.41) is 2.42. The molecule has 0 atom stereocenters. The summed E-state index contributed by atoms with van der Waals surface area (Å²) < 4.78 is 32.5. The lowest BCUT2D eigenvalue weighted by atomic mass is 10.2. The largest absolute Gasteiger partial charge is 0.467 e. The van der Waals surface area contributed by atoms with Gasteiger partial charge in [0.25, 0.3) is 0 Å². The van der Waals surface area contributed by atoms with Crippen molar-refractivity contribution in [1.29, 1.82) is 0 Å². The van der Waals surface area contributed by atoms with E-state index in [0.717, 1.165) is 17.7 Å². The van der Waals surface area contributed by atoms with Crippen LogP contribution in [0.1, 0.15) is 24.7 Å². The van der Waals surface area contributed by atoms with Gasteiger partial charge in [-0.25, -0.2) is 13.6 Å². The Bertz CT molecular complexity index is 1030. The molecule has 0 spiro atoms. The van der Waals surface area contributed by atoms with Crippen LogP contribution >= 0.6 is 0 Å². The van der Waals surface area contributed by atoms with E-state index in [1.807, 2.05) is 37.3 Å². The smallest absolute Gasteiger partial charge is 0.322 e. The van der Waals surface area contributed by atoms with E-state index in [1.54, 1.807) is 17.0 Å². The summed E-state index contributed by atoms with van der Waals surface area (Å²) in [5.41, 5.74) is 0.786. The van der Waals surface area contributed by atoms with Crippen LogP contribution in [0.2, 0.25) is 0 Å². The number of benzene rings is 2. The van der Waals surface area contributed by atoms with E-state index >= 15 is 0 Å². The standard InChI is InChI=1S/C24H25F2N3O3/c1-2-12-28(24(31)27-22-11-10-19(25)14-21(22)26)17-23(30)29(16-20-9-6-13-32-20)15-18-7-4-3-5-8-18/h3-11,13-14H,2,12,15-17H2,1H3,(H,27,31). The van der Waals surface area contributed by atoms with Gasteiger partial charge in [-0.05, 0) is 36.2 Å². The van der Waals surface area contributed by atoms with Crippen LogP contribution in [-0.2, 0) is 17.9 Å². The summed E-state index contributed by atoms with van der Waals surface area (Å²) in [6, 6.07) is 15.3. The second-order valence-electron chi connectivity index (χ2n) is 7.29. The van der Waals surface area contributed by atoms with Crippen LogP contribution < -0.4 is 5.32 Å². The van der Waals surface area contributed by atoms with Gasteiger partial charge in [0, 0.05) is 19.2 Å². The molecule has 1 aromatic heterocycles. The molecule has 0 aliphatic heterocycles. The highest BCUT2D eigenvalue weighted by atomic mass is 19.1. The quantitative estimate of drug-likeness (QED) is 0.507. The molecule has 0 fully saturated rings. The Hall–Kier alpha value is -3.68. The second-order valence-corrected chi connectivity index (χ2v) is 7.29. The first kappa shape index (κ1) is 23.0. The minimum Gasteiger partial charge on any atom is -0.467 e. The van der Waals surface area contributed by atoms with Crippen molar-refractivity contribution in [1.82, 2.24) is 9.80 Å². The van der Waals surface area contributed by atoms with E-state index in [0.29, 0.717) is 31.3 Å². The summed E-state index contributed by atoms with van der Waals surface area (Å²) in [7, 11) is 0. The van der Waals surface area contributed by atoms with Crippen molar-refractivity contribution in [2.75, 3.05) is 18.4 Å². The van der Waals surface area contributed by atoms with Crippen LogP contribution in [0.4, 0.5) is 19.3 Å². The van der Waals surface area contributed by atoms with E-state index < -0.39 is 17.7 Å². The van der Waals surface area contributed by atoms with Crippen molar-refractivity contribution in [2.45, 2.75) is 26.4 Å². The third-order valence-corrected chi connectivity index (χ3v) is 4.78. The normalized spacial score (nSPS) is 10.6. The molecule has 3 amide bonds. The van der Waals surface area contributed by atoms with E-state index in [4.69, 9.17) is 4.42 Å². The molecule has 0 aliphatic rings. The van der Waals surface area contributed by atoms with Gasteiger partial charge in [0.1, 0.15) is 23.9 Å². The third-order valence-electron chi connectivity index (χ3n) is 4.78. The van der Waals surface area contributed by atoms with Gasteiger partial charge in [0.15, 0.2) is 0 Å². The lowest BCUT2D eigenvalue weighted by molar-refractivity contribution is -0.133. The predicted molar refractivity (Wildman–Crippen MR) is 117 cm³/mol. The highest BCUT2D eigenvalue weighted by molar-refractivity contribution is 5.92. The van der Waals surface area contributed by atoms with Gasteiger partial charge in [-0.3, -0.25) is 4.79 Å². The minimum atomic E-state index is -0.885. The Morgan fingerprint density at radius 2 is 1.75 bits per heavy atom. The maximum absolute atomic E-state index is 13.9. The Balaban J connectivity index is 1.73. The van der Waals surface area contributed by atoms with Crippen LogP contribution in [0, 0.1) is 11.6 Å². The zero-order valence-corrected chi connectivity index (χ0v) is 17.8. The van der Waals surface area contributed by atoms with Gasteiger partial charge in [-0.15, -0.1) is 0 Å². The molecule has 0 radical (unpaired) electrons. The Kier molecular flexibility index (Phi) is 7.96. The number of halogens is 2. The molecule has 8 heteroatoms. The molecule has 2 aromatic carbocycles. The van der Waals surface area contributed by atoms with Crippen LogP contribution in [-0.4, -0.2) is 34.8 Å². The number of nitrogens with zero attached hydrogens (tertiary/aromatic N) is 2. The van der Waals surface area contributed by atoms with Crippen LogP contribution in [0.3, 0.4) is 0 Å². The topological polar surface area (TPSA) is 65.8 Å². The number of furan rings is 1. The number of hydrogen-bond acceptors (Lipinski definition) is 3. The van der Waals surface area contributed by atoms with Crippen molar-refractivity contribution < 1.29 is 22.8 Å². The number of urea groups is 1. The first-order valence-corrected chi connectivity index (χ1v) is 10.3. The number of carbonyl (C=O) groups is 2. The molecule has 0 unspecified atom stereocenters. The second kappa shape index (κ2) is 11.1. The van der Waals surface area contributed by atoms with Crippen LogP contribution in [0.5, 0.6) is 0 Å². The number of amides is 3. The molecule has 3 aromatic rings. The molecule has 6 nitrogen and oxygen atoms in total. The molecule has 0 saturated carbocycles. The Morgan fingerprint density at radius 1 is 0.969 bits per heavy atom. The van der Waals surface area contributed by atoms with E-state index in [2.05, 4.69) is 5.32 Å². The van der Waals surface area contributed by atoms with Gasteiger partial charge >= 0.3 is 6.03 Å². The van der Waals surface area contributed by atoms with Crippen molar-refractivity contribution in [2.24, 2.45) is 0 Å². The highest BCUT2D eigenvalue weighted by Gasteiger charge is 2.23. The molecule has 0 aliphatic carbocycles. The van der Waals surface area contributed by atoms with Gasteiger partial charge in [-0.2, -0.15) is 0 Å². The molecule has 3 rings (SSSR count). The average Bonchev–Trinajstić information content (AvgIpc) is 3.29. The van der Waals surface area contributed by atoms with Gasteiger partial charge in [0.05, 0.1) is 18.5 Å². The number of hydrogen-bond donors (Lipinski definition) is 1. The molecule has 0 saturated heterocycles. The first-order valence-electron chi connectivity index (χ1n) is 10.3. The van der Waals surface area contributed by atoms with Crippen LogP contribution in [0.15, 0.2) is 71.3 Å². The first-order chi connectivity index (χ1) is 15.5. The van der Waals surface area contributed by atoms with E-state index in [9.17, 15) is 18.4 Å². The fraction of sp³-hybridized carbons (Fsp3) is 0.250. The molecule has 1 heterocycles. The Labute approximate surface area is 185 Å². The fourth-order valence-electron chi connectivity index (χ4n) is 3.20. The molecule has 1 N–H and O–H groups in total. The zero-order valence-electron chi connectivity index (χ0n) is 17.8. The van der Waals surface area contributed by atoms with Gasteiger partial charge < -0.3 is 19.5 Å². The SMILES string of the molecule is CCCN(CC(=O)N(Cc1ccccc1)Cc1ccco1)C(=O)Nc1ccc(F)cc1F. The van der Waals surface area contributed by atoms with Gasteiger partial charge in [0.2, 0.25) is 5.91 Å². The number of anilines is 1. The van der Waals surface area contributed by atoms with Crippen molar-refractivity contribution in [3.8, 4) is 0 Å². The molecule has 0 bridgehead atoms. The third kappa shape index (κ3) is 6.41. The van der Waals surface area contributed by atoms with Gasteiger partial charge in [-0.1, -0.05) is 37.3 Å². The monoisotopic (exact) mass is 441 g/mol. The number of nitrogens with one attached hydrogen (secondary N) is 1. The minimum absolute atomic E-state index is 0.151. The maximum Gasteiger partial charge on any atom is 0.322 e. The summed E-state index contributed by atoms with van der Waals surface area (Å²) in [5.74, 6) is -1.29. The van der Waals surface area contributed by atoms with Crippen molar-refractivity contribution in [3.05, 3.63) is 89.9 Å². The lowest BCUT2D eigenvalue weighted by Gasteiger charge is -2.27. The van der Waals surface area contributed by atoms with Crippen molar-refractivity contribution >= 4 is 17.6 Å². The van der Waals surface area contributed by atoms with Crippen LogP contribution in [0.25, 0.3) is 0 Å². The number of carbonyl (C=O) groups excluding carboxylic acids is 2. The molecule has 168 valence electrons. The molecule has 32 heavy (non-hydrogen) atoms.